The molecular formula is C62H36N4OS. The Morgan fingerprint density at radius 3 is 1.87 bits per heavy atom. The van der Waals surface area contributed by atoms with Gasteiger partial charge in [0.1, 0.15) is 11.2 Å². The van der Waals surface area contributed by atoms with Gasteiger partial charge in [-0.2, -0.15) is 0 Å². The van der Waals surface area contributed by atoms with Gasteiger partial charge in [0.15, 0.2) is 0 Å². The van der Waals surface area contributed by atoms with Gasteiger partial charge in [-0.15, -0.1) is 11.3 Å². The van der Waals surface area contributed by atoms with Crippen LogP contribution in [0.2, 0.25) is 0 Å². The van der Waals surface area contributed by atoms with Crippen LogP contribution in [0.5, 0.6) is 0 Å². The van der Waals surface area contributed by atoms with Gasteiger partial charge in [-0.25, -0.2) is 9.97 Å². The molecule has 0 aliphatic carbocycles. The van der Waals surface area contributed by atoms with Gasteiger partial charge in [-0.05, 0) is 107 Å². The zero-order chi connectivity index (χ0) is 44.5. The molecule has 5 aromatic heterocycles. The molecule has 0 saturated carbocycles. The normalized spacial score (nSPS) is 12.1. The fourth-order valence-electron chi connectivity index (χ4n) is 10.9. The summed E-state index contributed by atoms with van der Waals surface area (Å²) in [5.41, 5.74) is 14.8. The van der Waals surface area contributed by atoms with Gasteiger partial charge in [0.05, 0.1) is 33.3 Å². The number of hydrogen-bond acceptors (Lipinski definition) is 4. The van der Waals surface area contributed by atoms with E-state index in [2.05, 4.69) is 221 Å². The fourth-order valence-corrected chi connectivity index (χ4v) is 12.0. The first-order chi connectivity index (χ1) is 33.7. The smallest absolute Gasteiger partial charge is 0.235 e. The number of furan rings is 1. The summed E-state index contributed by atoms with van der Waals surface area (Å²) in [5, 5.41) is 10.5. The van der Waals surface area contributed by atoms with Crippen molar-refractivity contribution >= 4 is 108 Å². The molecule has 68 heavy (non-hydrogen) atoms. The van der Waals surface area contributed by atoms with Crippen LogP contribution in [-0.4, -0.2) is 19.1 Å². The zero-order valence-corrected chi connectivity index (χ0v) is 37.2. The van der Waals surface area contributed by atoms with E-state index in [9.17, 15) is 0 Å². The van der Waals surface area contributed by atoms with Crippen LogP contribution in [-0.2, 0) is 0 Å². The summed E-state index contributed by atoms with van der Waals surface area (Å²) in [5.74, 6) is 0.650. The Morgan fingerprint density at radius 1 is 0.353 bits per heavy atom. The first-order valence-corrected chi connectivity index (χ1v) is 23.8. The lowest BCUT2D eigenvalue weighted by atomic mass is 9.96. The Bertz CT molecular complexity index is 4560. The SMILES string of the molecule is c1ccc(-c2nc(-n3c4ccc(-c5ccc6oc7cccc(-c8ccc9c(c8)c8ccccc8n9-c8ccccc8)c7c6c5)cc4c4cc5c(cc43)sc3ccccc35)nc3ccccc23)cc1. The predicted molar refractivity (Wildman–Crippen MR) is 285 cm³/mol. The van der Waals surface area contributed by atoms with E-state index in [4.69, 9.17) is 14.4 Å². The standard InChI is InChI=1S/C62H36N4OS/c1-3-14-37(15-4-1)61-45-20-7-10-22-51(45)63-62(64-61)66-54-29-26-38(32-47(54)48-35-49-44-19-9-12-25-58(44)68-59(49)36-55(48)66)39-28-31-56-50(33-39)60-42(21-13-24-57(60)67-56)40-27-30-53-46(34-40)43-18-8-11-23-52(43)65(53)41-16-5-2-6-17-41/h1-36H. The van der Waals surface area contributed by atoms with Gasteiger partial charge in [-0.1, -0.05) is 133 Å². The second-order valence-electron chi connectivity index (χ2n) is 17.7. The molecule has 15 rings (SSSR count). The Morgan fingerprint density at radius 2 is 1.00 bits per heavy atom. The van der Waals surface area contributed by atoms with Crippen LogP contribution in [0.25, 0.3) is 142 Å². The molecule has 0 unspecified atom stereocenters. The van der Waals surface area contributed by atoms with Crippen molar-refractivity contribution in [3.63, 3.8) is 0 Å². The third-order valence-electron chi connectivity index (χ3n) is 13.9. The molecule has 15 aromatic rings. The van der Waals surface area contributed by atoms with Crippen LogP contribution in [0.4, 0.5) is 0 Å². The van der Waals surface area contributed by atoms with Crippen LogP contribution in [0.1, 0.15) is 0 Å². The summed E-state index contributed by atoms with van der Waals surface area (Å²) in [6, 6.07) is 78.4. The van der Waals surface area contributed by atoms with Crippen molar-refractivity contribution in [1.82, 2.24) is 19.1 Å². The molecule has 0 atom stereocenters. The van der Waals surface area contributed by atoms with E-state index < -0.39 is 0 Å². The van der Waals surface area contributed by atoms with Crippen molar-refractivity contribution < 1.29 is 4.42 Å². The minimum atomic E-state index is 0.650. The number of benzene rings is 10. The molecule has 5 heterocycles. The number of rotatable bonds is 5. The maximum Gasteiger partial charge on any atom is 0.235 e. The van der Waals surface area contributed by atoms with E-state index in [1.165, 1.54) is 42.0 Å². The maximum absolute atomic E-state index is 6.63. The summed E-state index contributed by atoms with van der Waals surface area (Å²) >= 11 is 1.83. The molecule has 0 fully saturated rings. The molecule has 0 radical (unpaired) electrons. The molecule has 0 spiro atoms. The number of fused-ring (bicyclic) bond motifs is 13. The molecule has 0 bridgehead atoms. The van der Waals surface area contributed by atoms with E-state index in [-0.39, 0.29) is 0 Å². The van der Waals surface area contributed by atoms with E-state index in [0.29, 0.717) is 5.95 Å². The van der Waals surface area contributed by atoms with Crippen molar-refractivity contribution in [2.75, 3.05) is 0 Å². The van der Waals surface area contributed by atoms with Gasteiger partial charge in [0, 0.05) is 69.1 Å². The summed E-state index contributed by atoms with van der Waals surface area (Å²) < 4.78 is 13.8. The molecule has 316 valence electrons. The average Bonchev–Trinajstić information content (AvgIpc) is 4.15. The number of nitrogens with zero attached hydrogens (tertiary/aromatic N) is 4. The highest BCUT2D eigenvalue weighted by molar-refractivity contribution is 7.25. The highest BCUT2D eigenvalue weighted by atomic mass is 32.1. The first-order valence-electron chi connectivity index (χ1n) is 23.0. The van der Waals surface area contributed by atoms with E-state index in [0.717, 1.165) is 93.8 Å². The van der Waals surface area contributed by atoms with Gasteiger partial charge in [-0.3, -0.25) is 4.57 Å². The van der Waals surface area contributed by atoms with Crippen molar-refractivity contribution in [3.8, 4) is 45.1 Å². The summed E-state index contributed by atoms with van der Waals surface area (Å²) in [7, 11) is 0. The highest BCUT2D eigenvalue weighted by Gasteiger charge is 2.22. The van der Waals surface area contributed by atoms with Crippen LogP contribution >= 0.6 is 11.3 Å². The lowest BCUT2D eigenvalue weighted by Gasteiger charge is -2.12. The van der Waals surface area contributed by atoms with Gasteiger partial charge >= 0.3 is 0 Å². The molecule has 5 nitrogen and oxygen atoms in total. The van der Waals surface area contributed by atoms with Gasteiger partial charge in [0.25, 0.3) is 0 Å². The fraction of sp³-hybridized carbons (Fsp3) is 0. The quantitative estimate of drug-likeness (QED) is 0.173. The molecular weight excluding hydrogens is 849 g/mol. The van der Waals surface area contributed by atoms with Crippen molar-refractivity contribution in [2.24, 2.45) is 0 Å². The number of aromatic nitrogens is 4. The lowest BCUT2D eigenvalue weighted by Crippen LogP contribution is -2.03. The number of thiophene rings is 1. The largest absolute Gasteiger partial charge is 0.456 e. The molecule has 6 heteroatoms. The molecule has 0 N–H and O–H groups in total. The van der Waals surface area contributed by atoms with Gasteiger partial charge < -0.3 is 8.98 Å². The second kappa shape index (κ2) is 14.3. The zero-order valence-electron chi connectivity index (χ0n) is 36.4. The highest BCUT2D eigenvalue weighted by Crippen LogP contribution is 2.44. The average molecular weight is 885 g/mol. The predicted octanol–water partition coefficient (Wildman–Crippen LogP) is 17.1. The van der Waals surface area contributed by atoms with Crippen molar-refractivity contribution in [1.29, 1.82) is 0 Å². The molecule has 0 amide bonds. The van der Waals surface area contributed by atoms with E-state index in [1.807, 2.05) is 17.4 Å². The van der Waals surface area contributed by atoms with Crippen LogP contribution in [0.15, 0.2) is 223 Å². The topological polar surface area (TPSA) is 48.8 Å². The minimum Gasteiger partial charge on any atom is -0.456 e. The number of para-hydroxylation sites is 3. The van der Waals surface area contributed by atoms with E-state index >= 15 is 0 Å². The molecule has 0 aliphatic rings. The van der Waals surface area contributed by atoms with Crippen LogP contribution in [0.3, 0.4) is 0 Å². The van der Waals surface area contributed by atoms with Crippen molar-refractivity contribution in [2.45, 2.75) is 0 Å². The Kier molecular flexibility index (Phi) is 7.88. The van der Waals surface area contributed by atoms with E-state index in [1.54, 1.807) is 0 Å². The Labute approximate surface area is 393 Å². The maximum atomic E-state index is 6.63. The van der Waals surface area contributed by atoms with Crippen molar-refractivity contribution in [3.05, 3.63) is 218 Å². The molecule has 10 aromatic carbocycles. The molecule has 0 aliphatic heterocycles. The first kappa shape index (κ1) is 37.4. The summed E-state index contributed by atoms with van der Waals surface area (Å²) in [4.78, 5) is 10.7. The lowest BCUT2D eigenvalue weighted by molar-refractivity contribution is 0.669. The Hall–Kier alpha value is -8.84. The molecule has 0 saturated heterocycles. The summed E-state index contributed by atoms with van der Waals surface area (Å²) in [6.45, 7) is 0. The monoisotopic (exact) mass is 884 g/mol. The second-order valence-corrected chi connectivity index (χ2v) is 18.8. The number of hydrogen-bond donors (Lipinski definition) is 0. The third kappa shape index (κ3) is 5.49. The summed E-state index contributed by atoms with van der Waals surface area (Å²) in [6.07, 6.45) is 0. The minimum absolute atomic E-state index is 0.650. The third-order valence-corrected chi connectivity index (χ3v) is 15.1. The van der Waals surface area contributed by atoms with Gasteiger partial charge in [0.2, 0.25) is 5.95 Å². The Balaban J connectivity index is 0.933. The van der Waals surface area contributed by atoms with Crippen LogP contribution in [0, 0.1) is 0 Å². The van der Waals surface area contributed by atoms with Crippen LogP contribution < -0.4 is 0 Å².